The number of thiazole rings is 1. The Balaban J connectivity index is 2.94. The SMILES string of the molecule is CC(C)(C)OC(=O)C(C)(C)O/N=C(/C(=O)[O-])c1csc(N/C=C/C(=O)C(F)(F)F)n1. The second-order valence-electron chi connectivity index (χ2n) is 7.21. The highest BCUT2D eigenvalue weighted by Crippen LogP contribution is 2.20. The summed E-state index contributed by atoms with van der Waals surface area (Å²) < 4.78 is 41.5. The van der Waals surface area contributed by atoms with Crippen molar-refractivity contribution in [1.82, 2.24) is 4.98 Å². The minimum absolute atomic E-state index is 0.0309. The molecule has 1 rings (SSSR count). The zero-order valence-electron chi connectivity index (χ0n) is 16.6. The maximum Gasteiger partial charge on any atom is 0.454 e. The highest BCUT2D eigenvalue weighted by molar-refractivity contribution is 7.14. The topological polar surface area (TPSA) is 130 Å². The number of nitrogens with one attached hydrogen (secondary N) is 1. The smallest absolute Gasteiger partial charge is 0.454 e. The van der Waals surface area contributed by atoms with Crippen LogP contribution in [0.3, 0.4) is 0 Å². The summed E-state index contributed by atoms with van der Waals surface area (Å²) in [5, 5.41) is 18.3. The number of esters is 1. The molecule has 1 N–H and O–H groups in total. The zero-order chi connectivity index (χ0) is 23.3. The summed E-state index contributed by atoms with van der Waals surface area (Å²) in [5.41, 5.74) is -3.44. The molecule has 13 heteroatoms. The van der Waals surface area contributed by atoms with Crippen molar-refractivity contribution in [1.29, 1.82) is 0 Å². The molecule has 0 radical (unpaired) electrons. The number of ether oxygens (including phenoxy) is 1. The van der Waals surface area contributed by atoms with Gasteiger partial charge in [0, 0.05) is 17.7 Å². The number of allylic oxidation sites excluding steroid dienone is 1. The quantitative estimate of drug-likeness (QED) is 0.275. The number of anilines is 1. The molecule has 0 saturated carbocycles. The molecule has 0 aliphatic carbocycles. The molecular weight excluding hydrogens is 431 g/mol. The molecule has 1 aromatic heterocycles. The molecule has 1 heterocycles. The molecule has 0 amide bonds. The van der Waals surface area contributed by atoms with Crippen molar-refractivity contribution in [3.05, 3.63) is 23.3 Å². The van der Waals surface area contributed by atoms with Crippen LogP contribution >= 0.6 is 11.3 Å². The first-order chi connectivity index (χ1) is 13.5. The lowest BCUT2D eigenvalue weighted by molar-refractivity contribution is -0.294. The van der Waals surface area contributed by atoms with Gasteiger partial charge >= 0.3 is 12.1 Å². The van der Waals surface area contributed by atoms with Crippen LogP contribution in [0.25, 0.3) is 0 Å². The van der Waals surface area contributed by atoms with E-state index in [1.54, 1.807) is 20.8 Å². The summed E-state index contributed by atoms with van der Waals surface area (Å²) in [6.07, 6.45) is -4.06. The highest BCUT2D eigenvalue weighted by atomic mass is 32.1. The molecule has 0 spiro atoms. The second-order valence-corrected chi connectivity index (χ2v) is 8.07. The first-order valence-electron chi connectivity index (χ1n) is 8.24. The monoisotopic (exact) mass is 450 g/mol. The second kappa shape index (κ2) is 9.24. The average molecular weight is 450 g/mol. The van der Waals surface area contributed by atoms with Crippen molar-refractivity contribution in [2.45, 2.75) is 52.0 Å². The van der Waals surface area contributed by atoms with E-state index in [9.17, 15) is 32.7 Å². The number of hydrogen-bond donors (Lipinski definition) is 1. The average Bonchev–Trinajstić information content (AvgIpc) is 3.00. The Morgan fingerprint density at radius 2 is 1.80 bits per heavy atom. The molecule has 0 atom stereocenters. The van der Waals surface area contributed by atoms with Gasteiger partial charge in [0.25, 0.3) is 5.78 Å². The van der Waals surface area contributed by atoms with Gasteiger partial charge in [-0.25, -0.2) is 9.78 Å². The standard InChI is InChI=1S/C17H20F3N3O6S/c1-15(2,3)28-13(27)16(4,5)29-23-11(12(25)26)9-8-30-14(22-9)21-7-6-10(24)17(18,19)20/h6-8H,1-5H3,(H,21,22)(H,25,26)/p-1/b7-6+,23-11+. The molecule has 0 saturated heterocycles. The lowest BCUT2D eigenvalue weighted by Crippen LogP contribution is -2.41. The fourth-order valence-corrected chi connectivity index (χ4v) is 2.19. The minimum Gasteiger partial charge on any atom is -0.543 e. The predicted octanol–water partition coefficient (Wildman–Crippen LogP) is 1.79. The van der Waals surface area contributed by atoms with Crippen LogP contribution in [-0.2, 0) is 24.0 Å². The van der Waals surface area contributed by atoms with Gasteiger partial charge in [0.05, 0.1) is 5.97 Å². The Morgan fingerprint density at radius 1 is 1.20 bits per heavy atom. The van der Waals surface area contributed by atoms with Gasteiger partial charge in [-0.3, -0.25) is 4.79 Å². The van der Waals surface area contributed by atoms with Crippen LogP contribution in [-0.4, -0.2) is 45.8 Å². The number of rotatable bonds is 8. The molecule has 0 aliphatic rings. The van der Waals surface area contributed by atoms with Crippen LogP contribution in [0.5, 0.6) is 0 Å². The Labute approximate surface area is 173 Å². The molecule has 30 heavy (non-hydrogen) atoms. The van der Waals surface area contributed by atoms with Gasteiger partial charge in [-0.1, -0.05) is 5.16 Å². The van der Waals surface area contributed by atoms with Crippen molar-refractivity contribution < 1.29 is 42.2 Å². The fourth-order valence-electron chi connectivity index (χ4n) is 1.52. The van der Waals surface area contributed by atoms with E-state index in [0.717, 1.165) is 11.3 Å². The molecule has 0 fully saturated rings. The highest BCUT2D eigenvalue weighted by Gasteiger charge is 2.36. The van der Waals surface area contributed by atoms with E-state index in [2.05, 4.69) is 15.5 Å². The van der Waals surface area contributed by atoms with E-state index in [4.69, 9.17) is 9.57 Å². The van der Waals surface area contributed by atoms with Crippen LogP contribution in [0.2, 0.25) is 0 Å². The number of nitrogens with zero attached hydrogens (tertiary/aromatic N) is 2. The van der Waals surface area contributed by atoms with Crippen LogP contribution < -0.4 is 10.4 Å². The number of carboxylic acids is 1. The van der Waals surface area contributed by atoms with E-state index in [1.165, 1.54) is 19.2 Å². The maximum absolute atomic E-state index is 12.1. The van der Waals surface area contributed by atoms with Gasteiger partial charge in [0.15, 0.2) is 10.8 Å². The summed E-state index contributed by atoms with van der Waals surface area (Å²) in [6, 6.07) is 0. The van der Waals surface area contributed by atoms with Gasteiger partial charge < -0.3 is 24.8 Å². The van der Waals surface area contributed by atoms with E-state index < -0.39 is 40.8 Å². The van der Waals surface area contributed by atoms with Crippen molar-refractivity contribution >= 4 is 39.9 Å². The van der Waals surface area contributed by atoms with Gasteiger partial charge in [-0.15, -0.1) is 11.3 Å². The van der Waals surface area contributed by atoms with Gasteiger partial charge in [-0.2, -0.15) is 13.2 Å². The number of carboxylic acid groups (broad SMARTS) is 1. The number of alkyl halides is 3. The van der Waals surface area contributed by atoms with Gasteiger partial charge in [0.2, 0.25) is 5.60 Å². The summed E-state index contributed by atoms with van der Waals surface area (Å²) in [4.78, 5) is 43.1. The van der Waals surface area contributed by atoms with Crippen LogP contribution in [0.15, 0.2) is 22.8 Å². The molecule has 0 aromatic carbocycles. The molecule has 1 aromatic rings. The van der Waals surface area contributed by atoms with Crippen LogP contribution in [0, 0.1) is 0 Å². The molecular formula is C17H19F3N3O6S-. The molecule has 0 bridgehead atoms. The number of aliphatic carboxylic acids is 1. The maximum atomic E-state index is 12.1. The lowest BCUT2D eigenvalue weighted by Gasteiger charge is -2.26. The predicted molar refractivity (Wildman–Crippen MR) is 98.5 cm³/mol. The van der Waals surface area contributed by atoms with Gasteiger partial charge in [-0.05, 0) is 34.6 Å². The zero-order valence-corrected chi connectivity index (χ0v) is 17.4. The van der Waals surface area contributed by atoms with Crippen molar-refractivity contribution in [3.8, 4) is 0 Å². The molecule has 0 unspecified atom stereocenters. The number of hydrogen-bond acceptors (Lipinski definition) is 10. The lowest BCUT2D eigenvalue weighted by atomic mass is 10.1. The molecule has 9 nitrogen and oxygen atoms in total. The van der Waals surface area contributed by atoms with Gasteiger partial charge in [0.1, 0.15) is 11.3 Å². The van der Waals surface area contributed by atoms with Crippen molar-refractivity contribution in [3.63, 3.8) is 0 Å². The Kier molecular flexibility index (Phi) is 7.72. The van der Waals surface area contributed by atoms with E-state index in [0.29, 0.717) is 6.20 Å². The number of aromatic nitrogens is 1. The summed E-state index contributed by atoms with van der Waals surface area (Å²) >= 11 is 0.817. The van der Waals surface area contributed by atoms with E-state index >= 15 is 0 Å². The Morgan fingerprint density at radius 3 is 2.30 bits per heavy atom. The third-order valence-electron chi connectivity index (χ3n) is 2.92. The first-order valence-corrected chi connectivity index (χ1v) is 9.12. The van der Waals surface area contributed by atoms with Crippen molar-refractivity contribution in [2.75, 3.05) is 5.32 Å². The fraction of sp³-hybridized carbons (Fsp3) is 0.471. The summed E-state index contributed by atoms with van der Waals surface area (Å²) in [6.45, 7) is 7.54. The summed E-state index contributed by atoms with van der Waals surface area (Å²) in [7, 11) is 0. The first kappa shape index (κ1) is 25.1. The number of carbonyl (C=O) groups excluding carboxylic acids is 3. The number of halogens is 3. The summed E-state index contributed by atoms with van der Waals surface area (Å²) in [5.74, 6) is -4.65. The largest absolute Gasteiger partial charge is 0.543 e. The number of carbonyl (C=O) groups is 3. The van der Waals surface area contributed by atoms with Crippen LogP contribution in [0.1, 0.15) is 40.3 Å². The Bertz CT molecular complexity index is 869. The molecule has 166 valence electrons. The molecule has 0 aliphatic heterocycles. The third-order valence-corrected chi connectivity index (χ3v) is 3.69. The Hall–Kier alpha value is -2.96. The van der Waals surface area contributed by atoms with Crippen LogP contribution in [0.4, 0.5) is 18.3 Å². The third kappa shape index (κ3) is 7.81. The normalized spacial score (nSPS) is 13.3. The van der Waals surface area contributed by atoms with E-state index in [-0.39, 0.29) is 16.9 Å². The number of ketones is 1. The van der Waals surface area contributed by atoms with E-state index in [1.807, 2.05) is 0 Å². The van der Waals surface area contributed by atoms with Crippen molar-refractivity contribution in [2.24, 2.45) is 5.16 Å². The number of oxime groups is 1. The minimum atomic E-state index is -5.01.